The second kappa shape index (κ2) is 9.60. The Kier molecular flexibility index (Phi) is 6.70. The summed E-state index contributed by atoms with van der Waals surface area (Å²) in [6.45, 7) is 0.819. The van der Waals surface area contributed by atoms with Gasteiger partial charge in [-0.3, -0.25) is 9.59 Å². The van der Waals surface area contributed by atoms with Gasteiger partial charge in [0.1, 0.15) is 11.5 Å². The maximum atomic E-state index is 13.4. The zero-order valence-electron chi connectivity index (χ0n) is 17.0. The number of amides is 2. The van der Waals surface area contributed by atoms with Gasteiger partial charge in [0.05, 0.1) is 19.8 Å². The second-order valence-corrected chi connectivity index (χ2v) is 6.77. The van der Waals surface area contributed by atoms with Crippen molar-refractivity contribution < 1.29 is 19.1 Å². The van der Waals surface area contributed by atoms with Crippen molar-refractivity contribution in [2.24, 2.45) is 5.73 Å². The van der Waals surface area contributed by atoms with Crippen molar-refractivity contribution in [3.05, 3.63) is 95.1 Å². The lowest BCUT2D eigenvalue weighted by molar-refractivity contribution is 0.0730. The molecule has 0 heterocycles. The highest BCUT2D eigenvalue weighted by Crippen LogP contribution is 2.22. The minimum absolute atomic E-state index is 0.174. The molecule has 0 aromatic heterocycles. The summed E-state index contributed by atoms with van der Waals surface area (Å²) in [5, 5.41) is 0. The Bertz CT molecular complexity index is 1020. The summed E-state index contributed by atoms with van der Waals surface area (Å²) < 4.78 is 10.4. The van der Waals surface area contributed by atoms with Crippen LogP contribution in [0.25, 0.3) is 0 Å². The molecule has 3 aromatic rings. The Morgan fingerprint density at radius 2 is 1.47 bits per heavy atom. The van der Waals surface area contributed by atoms with Crippen LogP contribution in [0.2, 0.25) is 0 Å². The van der Waals surface area contributed by atoms with Gasteiger partial charge in [0, 0.05) is 18.7 Å². The molecule has 0 radical (unpaired) electrons. The molecule has 2 amide bonds. The first-order valence-electron chi connectivity index (χ1n) is 9.45. The minimum atomic E-state index is -0.647. The van der Waals surface area contributed by atoms with E-state index in [1.807, 2.05) is 54.6 Å². The first kappa shape index (κ1) is 20.9. The fourth-order valence-corrected chi connectivity index (χ4v) is 3.17. The molecule has 154 valence electrons. The highest BCUT2D eigenvalue weighted by atomic mass is 16.5. The molecule has 0 saturated heterocycles. The molecule has 0 aliphatic heterocycles. The summed E-state index contributed by atoms with van der Waals surface area (Å²) >= 11 is 0. The predicted molar refractivity (Wildman–Crippen MR) is 115 cm³/mol. The number of benzene rings is 3. The van der Waals surface area contributed by atoms with Gasteiger partial charge in [-0.2, -0.15) is 0 Å². The Morgan fingerprint density at radius 1 is 0.833 bits per heavy atom. The zero-order valence-corrected chi connectivity index (χ0v) is 17.0. The van der Waals surface area contributed by atoms with Gasteiger partial charge in [0.15, 0.2) is 0 Å². The molecular weight excluding hydrogens is 380 g/mol. The molecule has 0 atom stereocenters. The minimum Gasteiger partial charge on any atom is -0.497 e. The summed E-state index contributed by atoms with van der Waals surface area (Å²) in [5.74, 6) is 0.232. The summed E-state index contributed by atoms with van der Waals surface area (Å²) in [6, 6.07) is 22.0. The van der Waals surface area contributed by atoms with Gasteiger partial charge in [0.25, 0.3) is 11.8 Å². The topological polar surface area (TPSA) is 81.9 Å². The van der Waals surface area contributed by atoms with E-state index in [9.17, 15) is 9.59 Å². The molecule has 2 N–H and O–H groups in total. The quantitative estimate of drug-likeness (QED) is 0.621. The van der Waals surface area contributed by atoms with Crippen molar-refractivity contribution in [1.82, 2.24) is 4.90 Å². The van der Waals surface area contributed by atoms with E-state index in [0.717, 1.165) is 16.9 Å². The maximum absolute atomic E-state index is 13.4. The summed E-state index contributed by atoms with van der Waals surface area (Å²) in [4.78, 5) is 26.9. The third kappa shape index (κ3) is 4.97. The van der Waals surface area contributed by atoms with Crippen LogP contribution in [-0.4, -0.2) is 30.9 Å². The van der Waals surface area contributed by atoms with E-state index >= 15 is 0 Å². The number of ether oxygens (including phenoxy) is 2. The van der Waals surface area contributed by atoms with Crippen molar-refractivity contribution in [1.29, 1.82) is 0 Å². The molecule has 0 aliphatic carbocycles. The van der Waals surface area contributed by atoms with E-state index in [-0.39, 0.29) is 11.5 Å². The molecule has 6 heteroatoms. The Hall–Kier alpha value is -3.80. The number of nitrogens with two attached hydrogens (primary N) is 1. The van der Waals surface area contributed by atoms with Crippen LogP contribution in [-0.2, 0) is 13.1 Å². The largest absolute Gasteiger partial charge is 0.497 e. The number of hydrogen-bond acceptors (Lipinski definition) is 4. The van der Waals surface area contributed by atoms with E-state index in [4.69, 9.17) is 15.2 Å². The highest BCUT2D eigenvalue weighted by molar-refractivity contribution is 6.00. The third-order valence-corrected chi connectivity index (χ3v) is 4.75. The van der Waals surface area contributed by atoms with E-state index in [0.29, 0.717) is 24.4 Å². The van der Waals surface area contributed by atoms with E-state index in [1.54, 1.807) is 24.1 Å². The standard InChI is InChI=1S/C24H24N2O4/c1-29-20-11-8-18(9-12-20)16-26(15-17-6-4-3-5-7-17)24(28)19-10-13-22(30-2)21(14-19)23(25)27/h3-14H,15-16H2,1-2H3,(H2,25,27). The number of rotatable bonds is 8. The van der Waals surface area contributed by atoms with Crippen molar-refractivity contribution >= 4 is 11.8 Å². The van der Waals surface area contributed by atoms with Crippen molar-refractivity contribution in [2.45, 2.75) is 13.1 Å². The van der Waals surface area contributed by atoms with Crippen LogP contribution in [0.3, 0.4) is 0 Å². The molecule has 0 saturated carbocycles. The fraction of sp³-hybridized carbons (Fsp3) is 0.167. The van der Waals surface area contributed by atoms with Crippen LogP contribution in [0.4, 0.5) is 0 Å². The summed E-state index contributed by atoms with van der Waals surface area (Å²) in [5.41, 5.74) is 7.96. The monoisotopic (exact) mass is 404 g/mol. The van der Waals surface area contributed by atoms with Crippen LogP contribution in [0.15, 0.2) is 72.8 Å². The van der Waals surface area contributed by atoms with E-state index in [2.05, 4.69) is 0 Å². The second-order valence-electron chi connectivity index (χ2n) is 6.77. The van der Waals surface area contributed by atoms with Gasteiger partial charge in [-0.1, -0.05) is 42.5 Å². The molecule has 0 bridgehead atoms. The fourth-order valence-electron chi connectivity index (χ4n) is 3.17. The van der Waals surface area contributed by atoms with E-state index in [1.165, 1.54) is 13.2 Å². The number of nitrogens with zero attached hydrogens (tertiary/aromatic N) is 1. The van der Waals surface area contributed by atoms with Gasteiger partial charge >= 0.3 is 0 Å². The molecular formula is C24H24N2O4. The molecule has 30 heavy (non-hydrogen) atoms. The maximum Gasteiger partial charge on any atom is 0.254 e. The van der Waals surface area contributed by atoms with Crippen LogP contribution in [0.1, 0.15) is 31.8 Å². The molecule has 0 fully saturated rings. The zero-order chi connectivity index (χ0) is 21.5. The van der Waals surface area contributed by atoms with Gasteiger partial charge in [-0.05, 0) is 41.5 Å². The normalized spacial score (nSPS) is 10.3. The molecule has 0 spiro atoms. The molecule has 6 nitrogen and oxygen atoms in total. The Morgan fingerprint density at radius 3 is 2.03 bits per heavy atom. The van der Waals surface area contributed by atoms with Crippen LogP contribution in [0.5, 0.6) is 11.5 Å². The lowest BCUT2D eigenvalue weighted by atomic mass is 10.1. The van der Waals surface area contributed by atoms with Crippen LogP contribution < -0.4 is 15.2 Å². The number of carbonyl (C=O) groups excluding carboxylic acids is 2. The third-order valence-electron chi connectivity index (χ3n) is 4.75. The summed E-state index contributed by atoms with van der Waals surface area (Å²) in [6.07, 6.45) is 0. The van der Waals surface area contributed by atoms with Gasteiger partial charge in [0.2, 0.25) is 0 Å². The van der Waals surface area contributed by atoms with Crippen molar-refractivity contribution in [3.8, 4) is 11.5 Å². The lowest BCUT2D eigenvalue weighted by Gasteiger charge is -2.24. The molecule has 3 rings (SSSR count). The number of hydrogen-bond donors (Lipinski definition) is 1. The van der Waals surface area contributed by atoms with Crippen molar-refractivity contribution in [2.75, 3.05) is 14.2 Å². The van der Waals surface area contributed by atoms with Crippen molar-refractivity contribution in [3.63, 3.8) is 0 Å². The van der Waals surface area contributed by atoms with E-state index < -0.39 is 5.91 Å². The predicted octanol–water partition coefficient (Wildman–Crippen LogP) is 3.65. The Labute approximate surface area is 175 Å². The average Bonchev–Trinajstić information content (AvgIpc) is 2.78. The van der Waals surface area contributed by atoms with Crippen LogP contribution in [0, 0.1) is 0 Å². The lowest BCUT2D eigenvalue weighted by Crippen LogP contribution is -2.30. The average molecular weight is 404 g/mol. The number of methoxy groups -OCH3 is 2. The number of carbonyl (C=O) groups is 2. The first-order chi connectivity index (χ1) is 14.5. The molecule has 3 aromatic carbocycles. The highest BCUT2D eigenvalue weighted by Gasteiger charge is 2.20. The number of primary amides is 1. The summed E-state index contributed by atoms with van der Waals surface area (Å²) in [7, 11) is 3.06. The SMILES string of the molecule is COc1ccc(CN(Cc2ccccc2)C(=O)c2ccc(OC)c(C(N)=O)c2)cc1. The van der Waals surface area contributed by atoms with Gasteiger partial charge < -0.3 is 20.1 Å². The van der Waals surface area contributed by atoms with Gasteiger partial charge in [-0.15, -0.1) is 0 Å². The first-order valence-corrected chi connectivity index (χ1v) is 9.45. The smallest absolute Gasteiger partial charge is 0.254 e. The molecule has 0 aliphatic rings. The van der Waals surface area contributed by atoms with Gasteiger partial charge in [-0.25, -0.2) is 0 Å². The molecule has 0 unspecified atom stereocenters. The van der Waals surface area contributed by atoms with Crippen LogP contribution >= 0.6 is 0 Å². The Balaban J connectivity index is 1.92.